The van der Waals surface area contributed by atoms with Crippen LogP contribution in [0.3, 0.4) is 0 Å². The molecule has 2 aromatic carbocycles. The van der Waals surface area contributed by atoms with Crippen molar-refractivity contribution < 1.29 is 30.7 Å². The summed E-state index contributed by atoms with van der Waals surface area (Å²) in [5.41, 5.74) is -5.69. The van der Waals surface area contributed by atoms with Gasteiger partial charge in [0.25, 0.3) is 0 Å². The highest BCUT2D eigenvalue weighted by Crippen LogP contribution is 2.33. The van der Waals surface area contributed by atoms with Crippen molar-refractivity contribution in [2.45, 2.75) is 5.51 Å². The van der Waals surface area contributed by atoms with E-state index in [4.69, 9.17) is 9.15 Å². The molecule has 0 fully saturated rings. The summed E-state index contributed by atoms with van der Waals surface area (Å²) >= 11 is -3.51. The standard InChI is InChI=1S/C15H9F3O5S/c1-21-11-4-2-3-10-13(11)9-6-5-8(7-12(9)22-14(10)19)23-24(20)15(16,17)18/h2-7H,1H3. The van der Waals surface area contributed by atoms with Crippen LogP contribution in [0, 0.1) is 0 Å². The first-order valence-electron chi connectivity index (χ1n) is 6.52. The van der Waals surface area contributed by atoms with E-state index in [0.29, 0.717) is 16.5 Å². The number of hydrogen-bond donors (Lipinski definition) is 0. The molecule has 1 heterocycles. The van der Waals surface area contributed by atoms with Gasteiger partial charge in [-0.05, 0) is 24.3 Å². The van der Waals surface area contributed by atoms with Gasteiger partial charge in [0.15, 0.2) is 0 Å². The van der Waals surface area contributed by atoms with E-state index in [0.717, 1.165) is 6.07 Å². The van der Waals surface area contributed by atoms with Crippen LogP contribution < -0.4 is 14.5 Å². The molecule has 1 atom stereocenters. The van der Waals surface area contributed by atoms with E-state index < -0.39 is 22.2 Å². The molecule has 1 unspecified atom stereocenters. The van der Waals surface area contributed by atoms with Gasteiger partial charge in [0, 0.05) is 16.8 Å². The zero-order valence-electron chi connectivity index (χ0n) is 12.0. The van der Waals surface area contributed by atoms with Gasteiger partial charge in [0.1, 0.15) is 17.1 Å². The number of alkyl halides is 3. The highest BCUT2D eigenvalue weighted by Gasteiger charge is 2.40. The first-order valence-corrected chi connectivity index (χ1v) is 7.59. The van der Waals surface area contributed by atoms with Gasteiger partial charge in [-0.1, -0.05) is 6.07 Å². The third kappa shape index (κ3) is 2.82. The molecule has 24 heavy (non-hydrogen) atoms. The summed E-state index contributed by atoms with van der Waals surface area (Å²) in [5, 5.41) is 1.19. The highest BCUT2D eigenvalue weighted by atomic mass is 32.2. The van der Waals surface area contributed by atoms with Gasteiger partial charge in [-0.2, -0.15) is 13.2 Å². The zero-order valence-corrected chi connectivity index (χ0v) is 12.9. The van der Waals surface area contributed by atoms with Crippen molar-refractivity contribution in [2.24, 2.45) is 0 Å². The molecule has 3 rings (SSSR count). The van der Waals surface area contributed by atoms with Crippen LogP contribution >= 0.6 is 0 Å². The summed E-state index contributed by atoms with van der Waals surface area (Å²) < 4.78 is 62.6. The third-order valence-corrected chi connectivity index (χ3v) is 3.97. The summed E-state index contributed by atoms with van der Waals surface area (Å²) in [4.78, 5) is 12.1. The number of methoxy groups -OCH3 is 1. The van der Waals surface area contributed by atoms with Gasteiger partial charge in [0.2, 0.25) is 0 Å². The Balaban J connectivity index is 2.20. The van der Waals surface area contributed by atoms with Crippen LogP contribution in [0.5, 0.6) is 11.5 Å². The third-order valence-electron chi connectivity index (χ3n) is 3.25. The Morgan fingerprint density at radius 2 is 1.88 bits per heavy atom. The predicted molar refractivity (Wildman–Crippen MR) is 81.4 cm³/mol. The highest BCUT2D eigenvalue weighted by molar-refractivity contribution is 7.81. The Labute approximate surface area is 135 Å². The smallest absolute Gasteiger partial charge is 0.496 e. The topological polar surface area (TPSA) is 65.7 Å². The summed E-state index contributed by atoms with van der Waals surface area (Å²) in [6.45, 7) is 0. The Hall–Kier alpha value is -2.55. The Bertz CT molecular complexity index is 1010. The van der Waals surface area contributed by atoms with Crippen LogP contribution in [0.15, 0.2) is 45.6 Å². The Kier molecular flexibility index (Phi) is 3.96. The minimum Gasteiger partial charge on any atom is -0.496 e. The van der Waals surface area contributed by atoms with E-state index in [1.54, 1.807) is 18.2 Å². The van der Waals surface area contributed by atoms with Crippen molar-refractivity contribution >= 4 is 32.8 Å². The fourth-order valence-electron chi connectivity index (χ4n) is 2.28. The maximum atomic E-state index is 12.3. The molecular formula is C15H9F3O5S. The summed E-state index contributed by atoms with van der Waals surface area (Å²) in [6.07, 6.45) is 0. The normalized spacial score (nSPS) is 13.2. The molecule has 126 valence electrons. The first kappa shape index (κ1) is 16.3. The number of benzene rings is 2. The van der Waals surface area contributed by atoms with E-state index in [2.05, 4.69) is 4.18 Å². The maximum Gasteiger partial charge on any atom is 0.508 e. The number of hydrogen-bond acceptors (Lipinski definition) is 5. The second-order valence-corrected chi connectivity index (χ2v) is 5.79. The molecule has 0 aliphatic heterocycles. The molecule has 1 aromatic heterocycles. The summed E-state index contributed by atoms with van der Waals surface area (Å²) in [5.74, 6) is 0.0773. The monoisotopic (exact) mass is 358 g/mol. The molecule has 0 bridgehead atoms. The van der Waals surface area contributed by atoms with E-state index in [9.17, 15) is 22.2 Å². The minimum absolute atomic E-state index is 0.00586. The van der Waals surface area contributed by atoms with Crippen LogP contribution in [0.2, 0.25) is 0 Å². The number of halogens is 3. The SMILES string of the molecule is COc1cccc2c(=O)oc3cc(OS(=O)C(F)(F)F)ccc3c12. The Morgan fingerprint density at radius 3 is 2.54 bits per heavy atom. The van der Waals surface area contributed by atoms with Crippen LogP contribution in [0.25, 0.3) is 21.7 Å². The average molecular weight is 358 g/mol. The van der Waals surface area contributed by atoms with Crippen molar-refractivity contribution in [3.63, 3.8) is 0 Å². The molecule has 9 heteroatoms. The lowest BCUT2D eigenvalue weighted by molar-refractivity contribution is -0.0437. The molecule has 0 saturated heterocycles. The number of rotatable bonds is 3. The molecule has 0 aliphatic carbocycles. The van der Waals surface area contributed by atoms with E-state index in [1.165, 1.54) is 19.2 Å². The van der Waals surface area contributed by atoms with Crippen molar-refractivity contribution in [3.8, 4) is 11.5 Å². The van der Waals surface area contributed by atoms with Crippen molar-refractivity contribution in [2.75, 3.05) is 7.11 Å². The van der Waals surface area contributed by atoms with E-state index in [-0.39, 0.29) is 16.7 Å². The summed E-state index contributed by atoms with van der Waals surface area (Å²) in [6, 6.07) is 8.50. The molecule has 3 aromatic rings. The van der Waals surface area contributed by atoms with Crippen LogP contribution in [0.4, 0.5) is 13.2 Å². The lowest BCUT2D eigenvalue weighted by atomic mass is 10.1. The molecule has 0 N–H and O–H groups in total. The lowest BCUT2D eigenvalue weighted by Gasteiger charge is -2.10. The van der Waals surface area contributed by atoms with Crippen LogP contribution in [-0.4, -0.2) is 16.8 Å². The van der Waals surface area contributed by atoms with Crippen molar-refractivity contribution in [3.05, 3.63) is 46.8 Å². The van der Waals surface area contributed by atoms with E-state index in [1.807, 2.05) is 0 Å². The zero-order chi connectivity index (χ0) is 17.5. The van der Waals surface area contributed by atoms with Gasteiger partial charge >= 0.3 is 22.2 Å². The van der Waals surface area contributed by atoms with Crippen molar-refractivity contribution in [1.82, 2.24) is 0 Å². The number of ether oxygens (including phenoxy) is 1. The van der Waals surface area contributed by atoms with Gasteiger partial charge in [-0.15, -0.1) is 0 Å². The molecule has 5 nitrogen and oxygen atoms in total. The molecule has 0 saturated carbocycles. The first-order chi connectivity index (χ1) is 11.3. The lowest BCUT2D eigenvalue weighted by Crippen LogP contribution is -2.20. The molecule has 0 spiro atoms. The maximum absolute atomic E-state index is 12.3. The van der Waals surface area contributed by atoms with E-state index >= 15 is 0 Å². The van der Waals surface area contributed by atoms with Crippen LogP contribution in [-0.2, 0) is 11.1 Å². The quantitative estimate of drug-likeness (QED) is 0.529. The second kappa shape index (κ2) is 5.82. The molecule has 0 aliphatic rings. The summed E-state index contributed by atoms with van der Waals surface area (Å²) in [7, 11) is 1.43. The fraction of sp³-hybridized carbons (Fsp3) is 0.133. The van der Waals surface area contributed by atoms with Gasteiger partial charge in [-0.3, -0.25) is 0 Å². The van der Waals surface area contributed by atoms with Gasteiger partial charge < -0.3 is 13.3 Å². The molecule has 0 radical (unpaired) electrons. The second-order valence-electron chi connectivity index (χ2n) is 4.69. The van der Waals surface area contributed by atoms with Crippen molar-refractivity contribution in [1.29, 1.82) is 0 Å². The average Bonchev–Trinajstić information content (AvgIpc) is 2.53. The largest absolute Gasteiger partial charge is 0.508 e. The Morgan fingerprint density at radius 1 is 1.12 bits per heavy atom. The van der Waals surface area contributed by atoms with Crippen LogP contribution in [0.1, 0.15) is 0 Å². The molecular weight excluding hydrogens is 349 g/mol. The predicted octanol–water partition coefficient (Wildman–Crippen LogP) is 3.52. The fourth-order valence-corrected chi connectivity index (χ4v) is 2.66. The van der Waals surface area contributed by atoms with Gasteiger partial charge in [-0.25, -0.2) is 9.00 Å². The minimum atomic E-state index is -5.01. The number of fused-ring (bicyclic) bond motifs is 3. The molecule has 0 amide bonds. The van der Waals surface area contributed by atoms with Gasteiger partial charge in [0.05, 0.1) is 12.5 Å².